The zero-order valence-electron chi connectivity index (χ0n) is 8.95. The number of carboxylic acids is 2. The fourth-order valence-corrected chi connectivity index (χ4v) is 1.27. The maximum atomic E-state index is 10.2. The van der Waals surface area contributed by atoms with Crippen molar-refractivity contribution in [1.29, 1.82) is 0 Å². The molecule has 0 fully saturated rings. The molecule has 0 aliphatic rings. The molecule has 0 rings (SSSR count). The molecule has 0 aromatic heterocycles. The van der Waals surface area contributed by atoms with Gasteiger partial charge < -0.3 is 10.2 Å². The number of carboxylic acid groups (broad SMARTS) is 2. The van der Waals surface area contributed by atoms with Crippen molar-refractivity contribution in [1.82, 2.24) is 0 Å². The Morgan fingerprint density at radius 3 is 1.53 bits per heavy atom. The van der Waals surface area contributed by atoms with Crippen molar-refractivity contribution in [2.75, 3.05) is 0 Å². The summed E-state index contributed by atoms with van der Waals surface area (Å²) in [4.78, 5) is 20.3. The highest BCUT2D eigenvalue weighted by atomic mass is 16.4. The minimum Gasteiger partial charge on any atom is -0.481 e. The first-order valence-corrected chi connectivity index (χ1v) is 5.38. The maximum Gasteiger partial charge on any atom is 0.303 e. The lowest BCUT2D eigenvalue weighted by atomic mass is 10.1. The number of hydrogen-bond donors (Lipinski definition) is 2. The Bertz CT molecular complexity index is 169. The summed E-state index contributed by atoms with van der Waals surface area (Å²) in [5.41, 5.74) is 0. The van der Waals surface area contributed by atoms with Gasteiger partial charge in [0, 0.05) is 12.8 Å². The van der Waals surface area contributed by atoms with Gasteiger partial charge in [0.15, 0.2) is 0 Å². The summed E-state index contributed by atoms with van der Waals surface area (Å²) < 4.78 is 0. The number of carbonyl (C=O) groups is 2. The highest BCUT2D eigenvalue weighted by Crippen LogP contribution is 2.08. The van der Waals surface area contributed by atoms with Crippen molar-refractivity contribution >= 4 is 11.9 Å². The van der Waals surface area contributed by atoms with Gasteiger partial charge in [-0.05, 0) is 19.3 Å². The van der Waals surface area contributed by atoms with E-state index in [1.165, 1.54) is 0 Å². The van der Waals surface area contributed by atoms with Gasteiger partial charge in [-0.1, -0.05) is 25.7 Å². The summed E-state index contributed by atoms with van der Waals surface area (Å²) in [7, 11) is 0. The molecule has 4 heteroatoms. The average Bonchev–Trinajstić information content (AvgIpc) is 2.14. The molecule has 0 bridgehead atoms. The molecule has 0 atom stereocenters. The molecule has 0 heterocycles. The Morgan fingerprint density at radius 1 is 0.800 bits per heavy atom. The maximum absolute atomic E-state index is 10.2. The third kappa shape index (κ3) is 12.9. The summed E-state index contributed by atoms with van der Waals surface area (Å²) in [6, 6.07) is 0. The topological polar surface area (TPSA) is 74.6 Å². The van der Waals surface area contributed by atoms with Crippen LogP contribution in [0, 0.1) is 6.42 Å². The Balaban J connectivity index is 2.99. The molecule has 0 unspecified atom stereocenters. The number of unbranched alkanes of at least 4 members (excludes halogenated alkanes) is 6. The van der Waals surface area contributed by atoms with E-state index in [1.807, 2.05) is 0 Å². The van der Waals surface area contributed by atoms with E-state index < -0.39 is 11.9 Å². The van der Waals surface area contributed by atoms with Crippen molar-refractivity contribution in [3.05, 3.63) is 6.42 Å². The highest BCUT2D eigenvalue weighted by Gasteiger charge is 1.98. The van der Waals surface area contributed by atoms with E-state index in [0.29, 0.717) is 0 Å². The summed E-state index contributed by atoms with van der Waals surface area (Å²) in [6.07, 6.45) is 7.72. The lowest BCUT2D eigenvalue weighted by molar-refractivity contribution is -0.138. The molecule has 15 heavy (non-hydrogen) atoms. The standard InChI is InChI=1S/C11H19O4/c12-10(13)8-6-4-2-1-3-5-7-9-11(14)15/h1H,2-9H2,(H,12,13)(H,14,15). The van der Waals surface area contributed by atoms with Crippen molar-refractivity contribution in [2.24, 2.45) is 0 Å². The molecule has 87 valence electrons. The first kappa shape index (κ1) is 13.9. The van der Waals surface area contributed by atoms with Crippen LogP contribution in [0.25, 0.3) is 0 Å². The van der Waals surface area contributed by atoms with Crippen LogP contribution in [0.4, 0.5) is 0 Å². The zero-order valence-corrected chi connectivity index (χ0v) is 8.95. The van der Waals surface area contributed by atoms with Gasteiger partial charge >= 0.3 is 11.9 Å². The predicted octanol–water partition coefficient (Wildman–Crippen LogP) is 2.48. The van der Waals surface area contributed by atoms with E-state index in [-0.39, 0.29) is 12.8 Å². The molecule has 0 saturated carbocycles. The second kappa shape index (κ2) is 9.49. The Kier molecular flexibility index (Phi) is 8.82. The quantitative estimate of drug-likeness (QED) is 0.549. The number of rotatable bonds is 10. The largest absolute Gasteiger partial charge is 0.481 e. The number of hydrogen-bond acceptors (Lipinski definition) is 2. The molecule has 0 aromatic rings. The van der Waals surface area contributed by atoms with E-state index in [0.717, 1.165) is 38.5 Å². The van der Waals surface area contributed by atoms with Gasteiger partial charge in [0.1, 0.15) is 0 Å². The van der Waals surface area contributed by atoms with Crippen molar-refractivity contribution in [3.8, 4) is 0 Å². The van der Waals surface area contributed by atoms with Gasteiger partial charge in [0.05, 0.1) is 0 Å². The Labute approximate surface area is 90.3 Å². The molecule has 1 radical (unpaired) electrons. The SMILES string of the molecule is O=C(O)CCCC[CH]CCCCC(=O)O. The van der Waals surface area contributed by atoms with Crippen LogP contribution < -0.4 is 0 Å². The molecule has 2 N–H and O–H groups in total. The molecule has 0 aliphatic carbocycles. The van der Waals surface area contributed by atoms with Crippen LogP contribution in [0.5, 0.6) is 0 Å². The van der Waals surface area contributed by atoms with E-state index in [9.17, 15) is 9.59 Å². The van der Waals surface area contributed by atoms with Crippen LogP contribution in [-0.4, -0.2) is 22.2 Å². The monoisotopic (exact) mass is 215 g/mol. The predicted molar refractivity (Wildman–Crippen MR) is 56.5 cm³/mol. The van der Waals surface area contributed by atoms with Crippen LogP contribution in [0.3, 0.4) is 0 Å². The summed E-state index contributed by atoms with van der Waals surface area (Å²) >= 11 is 0. The van der Waals surface area contributed by atoms with Crippen molar-refractivity contribution in [2.45, 2.75) is 51.4 Å². The van der Waals surface area contributed by atoms with Gasteiger partial charge in [-0.2, -0.15) is 0 Å². The minimum atomic E-state index is -0.739. The van der Waals surface area contributed by atoms with E-state index >= 15 is 0 Å². The molecule has 0 spiro atoms. The van der Waals surface area contributed by atoms with Gasteiger partial charge in [-0.3, -0.25) is 9.59 Å². The van der Waals surface area contributed by atoms with Crippen molar-refractivity contribution < 1.29 is 19.8 Å². The lowest BCUT2D eigenvalue weighted by Gasteiger charge is -1.99. The van der Waals surface area contributed by atoms with E-state index in [1.54, 1.807) is 0 Å². The number of aliphatic carboxylic acids is 2. The van der Waals surface area contributed by atoms with Gasteiger partial charge in [-0.25, -0.2) is 0 Å². The lowest BCUT2D eigenvalue weighted by Crippen LogP contribution is -1.94. The third-order valence-corrected chi connectivity index (χ3v) is 2.10. The smallest absolute Gasteiger partial charge is 0.303 e. The Hall–Kier alpha value is -1.06. The fourth-order valence-electron chi connectivity index (χ4n) is 1.27. The zero-order chi connectivity index (χ0) is 11.5. The van der Waals surface area contributed by atoms with E-state index in [4.69, 9.17) is 10.2 Å². The second-order valence-electron chi connectivity index (χ2n) is 3.57. The van der Waals surface area contributed by atoms with Gasteiger partial charge in [-0.15, -0.1) is 0 Å². The van der Waals surface area contributed by atoms with Crippen LogP contribution >= 0.6 is 0 Å². The molecule has 0 aromatic carbocycles. The highest BCUT2D eigenvalue weighted by molar-refractivity contribution is 5.66. The van der Waals surface area contributed by atoms with Crippen LogP contribution in [-0.2, 0) is 9.59 Å². The second-order valence-corrected chi connectivity index (χ2v) is 3.57. The average molecular weight is 215 g/mol. The van der Waals surface area contributed by atoms with Gasteiger partial charge in [0.25, 0.3) is 0 Å². The molecule has 0 aliphatic heterocycles. The van der Waals surface area contributed by atoms with Crippen LogP contribution in [0.2, 0.25) is 0 Å². The van der Waals surface area contributed by atoms with Gasteiger partial charge in [0.2, 0.25) is 0 Å². The summed E-state index contributed by atoms with van der Waals surface area (Å²) in [5.74, 6) is -1.48. The van der Waals surface area contributed by atoms with Crippen molar-refractivity contribution in [3.63, 3.8) is 0 Å². The van der Waals surface area contributed by atoms with Crippen LogP contribution in [0.1, 0.15) is 51.4 Å². The minimum absolute atomic E-state index is 0.243. The van der Waals surface area contributed by atoms with Crippen LogP contribution in [0.15, 0.2) is 0 Å². The van der Waals surface area contributed by atoms with E-state index in [2.05, 4.69) is 6.42 Å². The Morgan fingerprint density at radius 2 is 1.20 bits per heavy atom. The first-order valence-electron chi connectivity index (χ1n) is 5.38. The molecule has 0 amide bonds. The summed E-state index contributed by atoms with van der Waals surface area (Å²) in [5, 5.41) is 16.7. The molecule has 4 nitrogen and oxygen atoms in total. The molecular formula is C11H19O4. The fraction of sp³-hybridized carbons (Fsp3) is 0.727. The first-order chi connectivity index (χ1) is 7.13. The summed E-state index contributed by atoms with van der Waals surface area (Å²) in [6.45, 7) is 0. The normalized spacial score (nSPS) is 10.1. The molecular weight excluding hydrogens is 196 g/mol. The third-order valence-electron chi connectivity index (χ3n) is 2.10. The molecule has 0 saturated heterocycles.